The molecule has 0 radical (unpaired) electrons. The Morgan fingerprint density at radius 1 is 1.05 bits per heavy atom. The van der Waals surface area contributed by atoms with Crippen LogP contribution in [0.15, 0.2) is 45.1 Å². The molecule has 1 N–H and O–H groups in total. The third-order valence-electron chi connectivity index (χ3n) is 9.34. The summed E-state index contributed by atoms with van der Waals surface area (Å²) in [6, 6.07) is 6.81. The normalized spacial score (nSPS) is 19.7. The maximum Gasteiger partial charge on any atom is 0.258 e. The molecule has 0 spiro atoms. The van der Waals surface area contributed by atoms with Crippen LogP contribution in [0.1, 0.15) is 88.6 Å². The first-order valence-electron chi connectivity index (χ1n) is 15.1. The van der Waals surface area contributed by atoms with Crippen molar-refractivity contribution in [1.82, 2.24) is 9.88 Å². The highest BCUT2D eigenvalue weighted by Crippen LogP contribution is 2.39. The third kappa shape index (κ3) is 6.10. The van der Waals surface area contributed by atoms with Gasteiger partial charge in [-0.05, 0) is 103 Å². The lowest BCUT2D eigenvalue weighted by atomic mass is 9.82. The van der Waals surface area contributed by atoms with Crippen molar-refractivity contribution in [3.63, 3.8) is 0 Å². The molecule has 4 nitrogen and oxygen atoms in total. The van der Waals surface area contributed by atoms with Crippen molar-refractivity contribution in [3.05, 3.63) is 73.1 Å². The number of thiol groups is 1. The smallest absolute Gasteiger partial charge is 0.258 e. The van der Waals surface area contributed by atoms with Crippen molar-refractivity contribution in [2.24, 2.45) is 5.41 Å². The average molecular weight is 546 g/mol. The summed E-state index contributed by atoms with van der Waals surface area (Å²) in [5.74, 6) is 0. The van der Waals surface area contributed by atoms with E-state index in [4.69, 9.17) is 12.6 Å². The van der Waals surface area contributed by atoms with E-state index in [1.54, 1.807) is 0 Å². The van der Waals surface area contributed by atoms with Crippen molar-refractivity contribution in [1.29, 1.82) is 0 Å². The molecule has 0 unspecified atom stereocenters. The zero-order chi connectivity index (χ0) is 27.7. The van der Waals surface area contributed by atoms with Gasteiger partial charge in [-0.3, -0.25) is 9.69 Å². The Kier molecular flexibility index (Phi) is 8.49. The molecule has 210 valence electrons. The van der Waals surface area contributed by atoms with Gasteiger partial charge >= 0.3 is 0 Å². The fourth-order valence-electron chi connectivity index (χ4n) is 6.62. The van der Waals surface area contributed by atoms with Crippen LogP contribution in [0.3, 0.4) is 0 Å². The molecule has 0 saturated carbocycles. The van der Waals surface area contributed by atoms with Crippen LogP contribution in [-0.4, -0.2) is 36.1 Å². The Labute approximate surface area is 241 Å². The number of hydrogen-bond acceptors (Lipinski definition) is 4. The number of nitrogens with one attached hydrogen (secondary N) is 1. The molecule has 1 aliphatic carbocycles. The standard InChI is InChI=1S/C34H47N3OS/c1-6-7-10-28-24(3)35-33(38)31(32(28)37-18-15-34(4,5)16-19-37)26-12-13-27-21-36(17-14-25(27)20-26)22-29-23(2)9-8-11-30(29)39/h9,12-13,20,39H,6-8,10-11,14-19,21-22H2,1-5H3,(H,35,38). The van der Waals surface area contributed by atoms with E-state index in [0.29, 0.717) is 5.41 Å². The van der Waals surface area contributed by atoms with Crippen LogP contribution in [0.25, 0.3) is 11.1 Å². The highest BCUT2D eigenvalue weighted by Gasteiger charge is 2.30. The van der Waals surface area contributed by atoms with Gasteiger partial charge in [-0.2, -0.15) is 0 Å². The van der Waals surface area contributed by atoms with E-state index in [0.717, 1.165) is 101 Å². The highest BCUT2D eigenvalue weighted by atomic mass is 32.1. The van der Waals surface area contributed by atoms with Crippen LogP contribution >= 0.6 is 12.6 Å². The van der Waals surface area contributed by atoms with E-state index in [1.807, 2.05) is 0 Å². The topological polar surface area (TPSA) is 39.3 Å². The lowest BCUT2D eigenvalue weighted by Crippen LogP contribution is -2.39. The third-order valence-corrected chi connectivity index (χ3v) is 9.83. The largest absolute Gasteiger partial charge is 0.371 e. The number of pyridine rings is 1. The van der Waals surface area contributed by atoms with Crippen molar-refractivity contribution in [2.45, 2.75) is 92.5 Å². The van der Waals surface area contributed by atoms with Crippen LogP contribution < -0.4 is 10.5 Å². The van der Waals surface area contributed by atoms with Crippen LogP contribution in [0, 0.1) is 12.3 Å². The summed E-state index contributed by atoms with van der Waals surface area (Å²) < 4.78 is 0. The van der Waals surface area contributed by atoms with Gasteiger partial charge in [0, 0.05) is 38.4 Å². The molecule has 0 atom stereocenters. The monoisotopic (exact) mass is 545 g/mol. The Balaban J connectivity index is 1.48. The minimum atomic E-state index is 0.0535. The molecule has 1 saturated heterocycles. The molecule has 2 aromatic rings. The number of anilines is 1. The molecule has 0 bridgehead atoms. The Bertz CT molecular complexity index is 1340. The van der Waals surface area contributed by atoms with Crippen LogP contribution in [0.5, 0.6) is 0 Å². The van der Waals surface area contributed by atoms with Crippen molar-refractivity contribution < 1.29 is 0 Å². The Morgan fingerprint density at radius 3 is 2.54 bits per heavy atom. The van der Waals surface area contributed by atoms with Gasteiger partial charge in [-0.25, -0.2) is 0 Å². The molecule has 1 fully saturated rings. The van der Waals surface area contributed by atoms with Gasteiger partial charge in [0.2, 0.25) is 0 Å². The Morgan fingerprint density at radius 2 is 1.82 bits per heavy atom. The molecule has 39 heavy (non-hydrogen) atoms. The maximum absolute atomic E-state index is 13.7. The van der Waals surface area contributed by atoms with E-state index < -0.39 is 0 Å². The molecular formula is C34H47N3OS. The molecule has 5 rings (SSSR count). The van der Waals surface area contributed by atoms with Gasteiger partial charge in [-0.1, -0.05) is 51.5 Å². The molecule has 2 aliphatic heterocycles. The second kappa shape index (κ2) is 11.7. The summed E-state index contributed by atoms with van der Waals surface area (Å²) in [6.45, 7) is 16.3. The number of allylic oxidation sites excluding steroid dienone is 2. The minimum absolute atomic E-state index is 0.0535. The number of aromatic nitrogens is 1. The molecule has 5 heteroatoms. The van der Waals surface area contributed by atoms with Crippen LogP contribution in [-0.2, 0) is 19.4 Å². The zero-order valence-corrected chi connectivity index (χ0v) is 25.6. The first-order chi connectivity index (χ1) is 18.7. The number of nitrogens with zero attached hydrogens (tertiary/aromatic N) is 2. The van der Waals surface area contributed by atoms with Crippen molar-refractivity contribution in [2.75, 3.05) is 31.1 Å². The second-order valence-corrected chi connectivity index (χ2v) is 13.4. The zero-order valence-electron chi connectivity index (χ0n) is 24.8. The molecule has 3 aliphatic rings. The molecule has 1 aromatic heterocycles. The second-order valence-electron chi connectivity index (χ2n) is 12.8. The molecule has 3 heterocycles. The van der Waals surface area contributed by atoms with Crippen LogP contribution in [0.4, 0.5) is 5.69 Å². The van der Waals surface area contributed by atoms with Gasteiger partial charge in [0.05, 0.1) is 11.3 Å². The van der Waals surface area contributed by atoms with Crippen molar-refractivity contribution in [3.8, 4) is 11.1 Å². The summed E-state index contributed by atoms with van der Waals surface area (Å²) in [5, 5.41) is 0. The predicted octanol–water partition coefficient (Wildman–Crippen LogP) is 7.60. The summed E-state index contributed by atoms with van der Waals surface area (Å²) in [7, 11) is 0. The minimum Gasteiger partial charge on any atom is -0.371 e. The Hall–Kier alpha value is -2.24. The lowest BCUT2D eigenvalue weighted by molar-refractivity contribution is 0.276. The average Bonchev–Trinajstić information content (AvgIpc) is 2.90. The summed E-state index contributed by atoms with van der Waals surface area (Å²) in [5.41, 5.74) is 11.5. The highest BCUT2D eigenvalue weighted by molar-refractivity contribution is 7.84. The molecular weight excluding hydrogens is 498 g/mol. The number of aryl methyl sites for hydroxylation is 1. The van der Waals surface area contributed by atoms with E-state index in [2.05, 4.69) is 73.7 Å². The first kappa shape index (κ1) is 28.3. The number of fused-ring (bicyclic) bond motifs is 1. The quantitative estimate of drug-likeness (QED) is 0.352. The predicted molar refractivity (Wildman–Crippen MR) is 169 cm³/mol. The fourth-order valence-corrected chi connectivity index (χ4v) is 7.00. The number of unbranched alkanes of at least 4 members (excludes halogenated alkanes) is 1. The molecule has 1 aromatic carbocycles. The SMILES string of the molecule is CCCCc1c(C)[nH]c(=O)c(-c2ccc3c(c2)CCN(CC2=C(S)CCC=C2C)C3)c1N1CCC(C)(C)CC1. The number of aromatic amines is 1. The van der Waals surface area contributed by atoms with Gasteiger partial charge < -0.3 is 9.88 Å². The first-order valence-corrected chi connectivity index (χ1v) is 15.5. The van der Waals surface area contributed by atoms with E-state index in [9.17, 15) is 4.79 Å². The summed E-state index contributed by atoms with van der Waals surface area (Å²) >= 11 is 4.81. The van der Waals surface area contributed by atoms with E-state index in [1.165, 1.54) is 38.4 Å². The van der Waals surface area contributed by atoms with Gasteiger partial charge in [0.15, 0.2) is 0 Å². The number of rotatable bonds is 7. The van der Waals surface area contributed by atoms with E-state index in [-0.39, 0.29) is 5.56 Å². The van der Waals surface area contributed by atoms with Gasteiger partial charge in [0.1, 0.15) is 0 Å². The van der Waals surface area contributed by atoms with Gasteiger partial charge in [-0.15, -0.1) is 12.6 Å². The van der Waals surface area contributed by atoms with Gasteiger partial charge in [0.25, 0.3) is 5.56 Å². The van der Waals surface area contributed by atoms with Crippen molar-refractivity contribution >= 4 is 18.3 Å². The summed E-state index contributed by atoms with van der Waals surface area (Å²) in [4.78, 5) is 23.2. The number of hydrogen-bond donors (Lipinski definition) is 2. The number of benzene rings is 1. The maximum atomic E-state index is 13.7. The van der Waals surface area contributed by atoms with Crippen LogP contribution in [0.2, 0.25) is 0 Å². The van der Waals surface area contributed by atoms with E-state index >= 15 is 0 Å². The molecule has 0 amide bonds. The lowest BCUT2D eigenvalue weighted by Gasteiger charge is -2.40. The summed E-state index contributed by atoms with van der Waals surface area (Å²) in [6.07, 6.45) is 11.2. The number of piperidine rings is 1. The number of H-pyrrole nitrogens is 1. The fraction of sp³-hybridized carbons (Fsp3) is 0.559.